The maximum atomic E-state index is 11.4. The van der Waals surface area contributed by atoms with Gasteiger partial charge in [0.1, 0.15) is 0 Å². The van der Waals surface area contributed by atoms with Gasteiger partial charge in [-0.1, -0.05) is 0 Å². The van der Waals surface area contributed by atoms with Gasteiger partial charge in [0.15, 0.2) is 5.96 Å². The largest absolute Gasteiger partial charge is 0.379 e. The summed E-state index contributed by atoms with van der Waals surface area (Å²) < 4.78 is 5.63. The van der Waals surface area contributed by atoms with E-state index in [0.29, 0.717) is 12.3 Å². The Bertz CT molecular complexity index is 374. The van der Waals surface area contributed by atoms with Crippen LogP contribution in [-0.2, 0) is 9.53 Å². The van der Waals surface area contributed by atoms with Crippen molar-refractivity contribution in [1.29, 1.82) is 0 Å². The van der Waals surface area contributed by atoms with Crippen molar-refractivity contribution in [3.63, 3.8) is 0 Å². The van der Waals surface area contributed by atoms with Crippen LogP contribution in [-0.4, -0.2) is 63.7 Å². The zero-order valence-electron chi connectivity index (χ0n) is 13.9. The molecule has 6 heteroatoms. The zero-order chi connectivity index (χ0) is 15.8. The van der Waals surface area contributed by atoms with Crippen LogP contribution in [0.2, 0.25) is 0 Å². The molecule has 1 heterocycles. The molecule has 0 spiro atoms. The molecular formula is C16H30N4O2. The molecule has 6 nitrogen and oxygen atoms in total. The van der Waals surface area contributed by atoms with Crippen LogP contribution in [0.25, 0.3) is 0 Å². The lowest BCUT2D eigenvalue weighted by Gasteiger charge is -2.34. The first-order chi connectivity index (χ1) is 10.7. The number of rotatable bonds is 7. The molecule has 0 aromatic carbocycles. The standard InChI is InChI=1S/C16H30N4O2/c1-17-15(21)11-13-5-8-20(9-6-13)16(18-2)19-7-10-22-12-14-3-4-14/h13-14H,3-12H2,1-2H3,(H,17,21)(H,18,19). The molecule has 0 unspecified atom stereocenters. The molecule has 1 aliphatic carbocycles. The van der Waals surface area contributed by atoms with Gasteiger partial charge in [-0.15, -0.1) is 0 Å². The van der Waals surface area contributed by atoms with Crippen LogP contribution in [0.5, 0.6) is 0 Å². The lowest BCUT2D eigenvalue weighted by molar-refractivity contribution is -0.121. The minimum atomic E-state index is 0.147. The Labute approximate surface area is 133 Å². The van der Waals surface area contributed by atoms with E-state index in [0.717, 1.165) is 57.6 Å². The number of carbonyl (C=O) groups is 1. The van der Waals surface area contributed by atoms with Crippen LogP contribution in [0.1, 0.15) is 32.1 Å². The third-order valence-corrected chi connectivity index (χ3v) is 4.46. The summed E-state index contributed by atoms with van der Waals surface area (Å²) in [5.74, 6) is 2.41. The number of aliphatic imine (C=N–C) groups is 1. The van der Waals surface area contributed by atoms with Gasteiger partial charge in [-0.05, 0) is 37.5 Å². The van der Waals surface area contributed by atoms with E-state index in [1.54, 1.807) is 7.05 Å². The van der Waals surface area contributed by atoms with E-state index in [1.807, 2.05) is 7.05 Å². The monoisotopic (exact) mass is 310 g/mol. The van der Waals surface area contributed by atoms with Crippen LogP contribution in [0.4, 0.5) is 0 Å². The molecule has 0 aromatic rings. The van der Waals surface area contributed by atoms with Gasteiger partial charge in [-0.3, -0.25) is 9.79 Å². The molecule has 1 amide bonds. The fourth-order valence-electron chi connectivity index (χ4n) is 2.81. The highest BCUT2D eigenvalue weighted by Gasteiger charge is 2.23. The number of guanidine groups is 1. The Kier molecular flexibility index (Phi) is 6.96. The number of nitrogens with one attached hydrogen (secondary N) is 2. The molecule has 126 valence electrons. The first-order valence-corrected chi connectivity index (χ1v) is 8.46. The summed E-state index contributed by atoms with van der Waals surface area (Å²) in [5, 5.41) is 6.08. The van der Waals surface area contributed by atoms with Gasteiger partial charge >= 0.3 is 0 Å². The van der Waals surface area contributed by atoms with E-state index in [1.165, 1.54) is 12.8 Å². The van der Waals surface area contributed by atoms with Gasteiger partial charge in [0.2, 0.25) is 5.91 Å². The van der Waals surface area contributed by atoms with Crippen molar-refractivity contribution in [1.82, 2.24) is 15.5 Å². The van der Waals surface area contributed by atoms with Gasteiger partial charge in [-0.25, -0.2) is 0 Å². The number of hydrogen-bond acceptors (Lipinski definition) is 3. The van der Waals surface area contributed by atoms with E-state index in [4.69, 9.17) is 4.74 Å². The van der Waals surface area contributed by atoms with Crippen molar-refractivity contribution in [2.24, 2.45) is 16.8 Å². The third-order valence-electron chi connectivity index (χ3n) is 4.46. The van der Waals surface area contributed by atoms with Crippen LogP contribution in [0.3, 0.4) is 0 Å². The summed E-state index contributed by atoms with van der Waals surface area (Å²) in [6.07, 6.45) is 5.41. The Morgan fingerprint density at radius 1 is 1.23 bits per heavy atom. The molecule has 1 aliphatic heterocycles. The van der Waals surface area contributed by atoms with Crippen molar-refractivity contribution in [2.45, 2.75) is 32.1 Å². The van der Waals surface area contributed by atoms with E-state index in [-0.39, 0.29) is 5.91 Å². The van der Waals surface area contributed by atoms with E-state index in [2.05, 4.69) is 20.5 Å². The predicted molar refractivity (Wildman–Crippen MR) is 87.9 cm³/mol. The van der Waals surface area contributed by atoms with E-state index in [9.17, 15) is 4.79 Å². The summed E-state index contributed by atoms with van der Waals surface area (Å²) in [4.78, 5) is 18.1. The Morgan fingerprint density at radius 2 is 1.95 bits per heavy atom. The molecule has 0 aromatic heterocycles. The molecule has 2 fully saturated rings. The average molecular weight is 310 g/mol. The normalized spacial score (nSPS) is 20.1. The molecule has 2 rings (SSSR count). The highest BCUT2D eigenvalue weighted by molar-refractivity contribution is 5.80. The average Bonchev–Trinajstić information content (AvgIpc) is 3.36. The first kappa shape index (κ1) is 17.1. The van der Waals surface area contributed by atoms with Crippen molar-refractivity contribution in [3.05, 3.63) is 0 Å². The Morgan fingerprint density at radius 3 is 2.55 bits per heavy atom. The van der Waals surface area contributed by atoms with Gasteiger partial charge < -0.3 is 20.3 Å². The summed E-state index contributed by atoms with van der Waals surface area (Å²) in [7, 11) is 3.53. The molecule has 0 bridgehead atoms. The van der Waals surface area contributed by atoms with Crippen LogP contribution in [0.15, 0.2) is 4.99 Å². The highest BCUT2D eigenvalue weighted by atomic mass is 16.5. The number of nitrogens with zero attached hydrogens (tertiary/aromatic N) is 2. The van der Waals surface area contributed by atoms with Gasteiger partial charge in [0.05, 0.1) is 6.61 Å². The number of hydrogen-bond donors (Lipinski definition) is 2. The quantitative estimate of drug-likeness (QED) is 0.415. The van der Waals surface area contributed by atoms with Gasteiger partial charge in [-0.2, -0.15) is 0 Å². The smallest absolute Gasteiger partial charge is 0.220 e. The first-order valence-electron chi connectivity index (χ1n) is 8.46. The predicted octanol–water partition coefficient (Wildman–Crippen LogP) is 0.837. The second-order valence-electron chi connectivity index (χ2n) is 6.30. The number of carbonyl (C=O) groups excluding carboxylic acids is 1. The van der Waals surface area contributed by atoms with Crippen molar-refractivity contribution < 1.29 is 9.53 Å². The Hall–Kier alpha value is -1.30. The fraction of sp³-hybridized carbons (Fsp3) is 0.875. The molecule has 0 radical (unpaired) electrons. The number of piperidine rings is 1. The minimum absolute atomic E-state index is 0.147. The minimum Gasteiger partial charge on any atom is -0.379 e. The van der Waals surface area contributed by atoms with Gasteiger partial charge in [0.25, 0.3) is 0 Å². The van der Waals surface area contributed by atoms with Crippen molar-refractivity contribution in [2.75, 3.05) is 46.9 Å². The second kappa shape index (κ2) is 8.98. The summed E-state index contributed by atoms with van der Waals surface area (Å²) in [6, 6.07) is 0. The Balaban J connectivity index is 1.61. The molecule has 1 saturated heterocycles. The molecular weight excluding hydrogens is 280 g/mol. The zero-order valence-corrected chi connectivity index (χ0v) is 13.9. The van der Waals surface area contributed by atoms with Crippen molar-refractivity contribution >= 4 is 11.9 Å². The molecule has 2 N–H and O–H groups in total. The fourth-order valence-corrected chi connectivity index (χ4v) is 2.81. The SMILES string of the molecule is CN=C(NCCOCC1CC1)N1CCC(CC(=O)NC)CC1. The highest BCUT2D eigenvalue weighted by Crippen LogP contribution is 2.28. The maximum Gasteiger partial charge on any atom is 0.220 e. The van der Waals surface area contributed by atoms with Crippen LogP contribution in [0, 0.1) is 11.8 Å². The maximum absolute atomic E-state index is 11.4. The van der Waals surface area contributed by atoms with Crippen LogP contribution < -0.4 is 10.6 Å². The summed E-state index contributed by atoms with van der Waals surface area (Å²) in [5.41, 5.74) is 0. The summed E-state index contributed by atoms with van der Waals surface area (Å²) >= 11 is 0. The third kappa shape index (κ3) is 5.83. The van der Waals surface area contributed by atoms with E-state index >= 15 is 0 Å². The topological polar surface area (TPSA) is 66.0 Å². The lowest BCUT2D eigenvalue weighted by Crippen LogP contribution is -2.46. The lowest BCUT2D eigenvalue weighted by atomic mass is 9.93. The van der Waals surface area contributed by atoms with Crippen molar-refractivity contribution in [3.8, 4) is 0 Å². The van der Waals surface area contributed by atoms with E-state index < -0.39 is 0 Å². The number of ether oxygens (including phenoxy) is 1. The molecule has 0 atom stereocenters. The molecule has 1 saturated carbocycles. The van der Waals surface area contributed by atoms with Crippen LogP contribution >= 0.6 is 0 Å². The number of amides is 1. The molecule has 22 heavy (non-hydrogen) atoms. The van der Waals surface area contributed by atoms with Gasteiger partial charge in [0, 0.05) is 46.8 Å². The molecule has 2 aliphatic rings. The second-order valence-corrected chi connectivity index (χ2v) is 6.30. The number of likely N-dealkylation sites (tertiary alicyclic amines) is 1. The summed E-state index contributed by atoms with van der Waals surface area (Å²) in [6.45, 7) is 4.37.